The molecule has 2 aromatic heterocycles. The predicted octanol–water partition coefficient (Wildman–Crippen LogP) is 1.26. The zero-order chi connectivity index (χ0) is 22.9. The first-order chi connectivity index (χ1) is 15.5. The molecule has 32 heavy (non-hydrogen) atoms. The van der Waals surface area contributed by atoms with Gasteiger partial charge in [-0.15, -0.1) is 0 Å². The van der Waals surface area contributed by atoms with E-state index in [1.165, 1.54) is 6.20 Å². The summed E-state index contributed by atoms with van der Waals surface area (Å²) in [4.78, 5) is 32.4. The average Bonchev–Trinajstić information content (AvgIpc) is 2.83. The van der Waals surface area contributed by atoms with Crippen molar-refractivity contribution in [3.05, 3.63) is 46.0 Å². The van der Waals surface area contributed by atoms with Crippen LogP contribution in [0.15, 0.2) is 29.3 Å². The van der Waals surface area contributed by atoms with Crippen molar-refractivity contribution < 1.29 is 14.3 Å². The number of anilines is 1. The number of aromatic amines is 1. The Bertz CT molecular complexity index is 993. The van der Waals surface area contributed by atoms with Crippen LogP contribution in [0.5, 0.6) is 5.75 Å². The third-order valence-electron chi connectivity index (χ3n) is 5.40. The highest BCUT2D eigenvalue weighted by molar-refractivity contribution is 5.76. The lowest BCUT2D eigenvalue weighted by molar-refractivity contribution is -0.132. The first-order valence-corrected chi connectivity index (χ1v) is 10.7. The highest BCUT2D eigenvalue weighted by Crippen LogP contribution is 2.16. The third-order valence-corrected chi connectivity index (χ3v) is 5.40. The van der Waals surface area contributed by atoms with Crippen LogP contribution in [0.2, 0.25) is 0 Å². The molecule has 1 saturated heterocycles. The number of hydrogen-bond donors (Lipinski definition) is 1. The molecule has 0 aliphatic carbocycles. The van der Waals surface area contributed by atoms with Gasteiger partial charge in [-0.2, -0.15) is 10.4 Å². The molecule has 1 aliphatic rings. The quantitative estimate of drug-likeness (QED) is 0.578. The molecule has 3 rings (SSSR count). The molecule has 0 radical (unpaired) electrons. The van der Waals surface area contributed by atoms with E-state index in [0.717, 1.165) is 5.82 Å². The number of nitriles is 1. The molecule has 0 spiro atoms. The summed E-state index contributed by atoms with van der Waals surface area (Å²) in [5.74, 6) is 1.31. The van der Waals surface area contributed by atoms with E-state index in [1.807, 2.05) is 17.9 Å². The maximum atomic E-state index is 12.5. The molecule has 0 saturated carbocycles. The zero-order valence-corrected chi connectivity index (χ0v) is 18.4. The van der Waals surface area contributed by atoms with Crippen LogP contribution < -0.4 is 15.2 Å². The Morgan fingerprint density at radius 3 is 2.72 bits per heavy atom. The fourth-order valence-corrected chi connectivity index (χ4v) is 3.33. The number of rotatable bonds is 9. The van der Waals surface area contributed by atoms with Gasteiger partial charge in [0.1, 0.15) is 23.7 Å². The van der Waals surface area contributed by atoms with E-state index in [0.29, 0.717) is 69.1 Å². The summed E-state index contributed by atoms with van der Waals surface area (Å²) < 4.78 is 11.5. The molecule has 170 valence electrons. The summed E-state index contributed by atoms with van der Waals surface area (Å²) >= 11 is 0. The van der Waals surface area contributed by atoms with Gasteiger partial charge in [-0.1, -0.05) is 6.92 Å². The largest absolute Gasteiger partial charge is 0.486 e. The van der Waals surface area contributed by atoms with Crippen molar-refractivity contribution in [1.29, 1.82) is 5.26 Å². The number of nitrogens with zero attached hydrogens (tertiary/aromatic N) is 5. The first-order valence-electron chi connectivity index (χ1n) is 10.7. The van der Waals surface area contributed by atoms with Gasteiger partial charge in [0.05, 0.1) is 37.0 Å². The first kappa shape index (κ1) is 23.2. The van der Waals surface area contributed by atoms with Gasteiger partial charge in [-0.05, 0) is 25.5 Å². The highest BCUT2D eigenvalue weighted by atomic mass is 16.5. The molecule has 0 aromatic carbocycles. The number of piperazine rings is 1. The Labute approximate surface area is 186 Å². The number of nitrogens with one attached hydrogen (secondary N) is 1. The molecule has 0 unspecified atom stereocenters. The summed E-state index contributed by atoms with van der Waals surface area (Å²) in [7, 11) is 0. The highest BCUT2D eigenvalue weighted by Gasteiger charge is 2.22. The normalized spacial score (nSPS) is 14.7. The van der Waals surface area contributed by atoms with Crippen LogP contribution in [0, 0.1) is 18.3 Å². The molecule has 0 bridgehead atoms. The predicted molar refractivity (Wildman–Crippen MR) is 117 cm³/mol. The summed E-state index contributed by atoms with van der Waals surface area (Å²) in [5, 5.41) is 15.0. The van der Waals surface area contributed by atoms with Crippen LogP contribution in [0.25, 0.3) is 0 Å². The van der Waals surface area contributed by atoms with Crippen molar-refractivity contribution in [2.45, 2.75) is 32.8 Å². The lowest BCUT2D eigenvalue weighted by Gasteiger charge is -2.35. The maximum absolute atomic E-state index is 12.5. The number of pyridine rings is 1. The van der Waals surface area contributed by atoms with Gasteiger partial charge >= 0.3 is 0 Å². The van der Waals surface area contributed by atoms with E-state index in [4.69, 9.17) is 14.7 Å². The SMILES string of the molecule is CC[C@@H](COCCC(=O)N1CCN(c2ccc(C#N)cn2)CC1)Oc1cn[nH]c(=O)c1C. The fourth-order valence-electron chi connectivity index (χ4n) is 3.33. The number of carbonyl (C=O) groups excluding carboxylic acids is 1. The minimum Gasteiger partial charge on any atom is -0.486 e. The van der Waals surface area contributed by atoms with Gasteiger partial charge in [-0.3, -0.25) is 9.59 Å². The smallest absolute Gasteiger partial charge is 0.270 e. The molecule has 3 heterocycles. The Kier molecular flexibility index (Phi) is 8.16. The number of ether oxygens (including phenoxy) is 2. The molecule has 1 N–H and O–H groups in total. The second kappa shape index (κ2) is 11.2. The second-order valence-electron chi connectivity index (χ2n) is 7.55. The Morgan fingerprint density at radius 1 is 1.28 bits per heavy atom. The fraction of sp³-hybridized carbons (Fsp3) is 0.500. The molecular weight excluding hydrogens is 412 g/mol. The van der Waals surface area contributed by atoms with Crippen LogP contribution in [0.3, 0.4) is 0 Å². The van der Waals surface area contributed by atoms with E-state index >= 15 is 0 Å². The van der Waals surface area contributed by atoms with Gasteiger partial charge < -0.3 is 19.3 Å². The minimum absolute atomic E-state index is 0.0565. The maximum Gasteiger partial charge on any atom is 0.270 e. The van der Waals surface area contributed by atoms with Gasteiger partial charge in [0.15, 0.2) is 0 Å². The van der Waals surface area contributed by atoms with Crippen molar-refractivity contribution in [2.24, 2.45) is 0 Å². The summed E-state index contributed by atoms with van der Waals surface area (Å²) in [5.41, 5.74) is 0.727. The second-order valence-corrected chi connectivity index (χ2v) is 7.55. The van der Waals surface area contributed by atoms with Crippen molar-refractivity contribution >= 4 is 11.7 Å². The Morgan fingerprint density at radius 2 is 2.06 bits per heavy atom. The number of aromatic nitrogens is 3. The van der Waals surface area contributed by atoms with Crippen molar-refractivity contribution in [2.75, 3.05) is 44.3 Å². The zero-order valence-electron chi connectivity index (χ0n) is 18.4. The number of H-pyrrole nitrogens is 1. The number of carbonyl (C=O) groups is 1. The average molecular weight is 441 g/mol. The van der Waals surface area contributed by atoms with Crippen LogP contribution in [0.4, 0.5) is 5.82 Å². The number of hydrogen-bond acceptors (Lipinski definition) is 8. The molecule has 10 heteroatoms. The molecule has 1 amide bonds. The Hall–Kier alpha value is -3.45. The van der Waals surface area contributed by atoms with Gasteiger partial charge in [-0.25, -0.2) is 10.1 Å². The van der Waals surface area contributed by atoms with Crippen LogP contribution in [-0.4, -0.2) is 71.5 Å². The lowest BCUT2D eigenvalue weighted by Crippen LogP contribution is -2.49. The van der Waals surface area contributed by atoms with Crippen molar-refractivity contribution in [3.8, 4) is 11.8 Å². The van der Waals surface area contributed by atoms with Gasteiger partial charge in [0, 0.05) is 32.4 Å². The van der Waals surface area contributed by atoms with E-state index in [2.05, 4.69) is 26.2 Å². The molecular formula is C22H28N6O4. The van der Waals surface area contributed by atoms with Crippen molar-refractivity contribution in [1.82, 2.24) is 20.1 Å². The van der Waals surface area contributed by atoms with Crippen molar-refractivity contribution in [3.63, 3.8) is 0 Å². The van der Waals surface area contributed by atoms with E-state index < -0.39 is 0 Å². The van der Waals surface area contributed by atoms with Gasteiger partial charge in [0.25, 0.3) is 5.56 Å². The summed E-state index contributed by atoms with van der Waals surface area (Å²) in [6.45, 7) is 6.92. The van der Waals surface area contributed by atoms with Crippen LogP contribution >= 0.6 is 0 Å². The van der Waals surface area contributed by atoms with Crippen LogP contribution in [0.1, 0.15) is 30.9 Å². The van der Waals surface area contributed by atoms with E-state index in [-0.39, 0.29) is 17.6 Å². The monoisotopic (exact) mass is 440 g/mol. The molecule has 1 fully saturated rings. The van der Waals surface area contributed by atoms with Gasteiger partial charge in [0.2, 0.25) is 5.91 Å². The summed E-state index contributed by atoms with van der Waals surface area (Å²) in [6.07, 6.45) is 3.82. The molecule has 10 nitrogen and oxygen atoms in total. The molecule has 2 aromatic rings. The standard InChI is InChI=1S/C22H28N6O4/c1-3-18(32-19-14-25-26-22(30)16(19)2)15-31-11-6-21(29)28-9-7-27(8-10-28)20-5-4-17(12-23)13-24-20/h4-5,13-14,18H,3,6-11,15H2,1-2H3,(H,26,30)/t18-/m0/s1. The molecule has 1 atom stereocenters. The summed E-state index contributed by atoms with van der Waals surface area (Å²) in [6, 6.07) is 5.64. The van der Waals surface area contributed by atoms with E-state index in [9.17, 15) is 9.59 Å². The number of amides is 1. The van der Waals surface area contributed by atoms with E-state index in [1.54, 1.807) is 19.2 Å². The third kappa shape index (κ3) is 6.04. The van der Waals surface area contributed by atoms with Crippen LogP contribution in [-0.2, 0) is 9.53 Å². The lowest BCUT2D eigenvalue weighted by atomic mass is 10.2. The topological polar surface area (TPSA) is 124 Å². The Balaban J connectivity index is 1.38. The minimum atomic E-state index is -0.279. The molecule has 1 aliphatic heterocycles.